The smallest absolute Gasteiger partial charge is 0.128 e. The molecule has 0 aliphatic carbocycles. The first-order valence-electron chi connectivity index (χ1n) is 6.44. The van der Waals surface area contributed by atoms with Crippen molar-refractivity contribution in [3.8, 4) is 5.75 Å². The molecule has 1 N–H and O–H groups in total. The van der Waals surface area contributed by atoms with Gasteiger partial charge in [-0.1, -0.05) is 20.8 Å². The van der Waals surface area contributed by atoms with Crippen LogP contribution in [0.5, 0.6) is 5.75 Å². The minimum Gasteiger partial charge on any atom is -0.496 e. The van der Waals surface area contributed by atoms with Gasteiger partial charge in [0.25, 0.3) is 0 Å². The van der Waals surface area contributed by atoms with Crippen LogP contribution in [0, 0.1) is 19.3 Å². The highest BCUT2D eigenvalue weighted by Crippen LogP contribution is 2.27. The highest BCUT2D eigenvalue weighted by Gasteiger charge is 2.22. The molecule has 3 heteroatoms. The topological polar surface area (TPSA) is 42.4 Å². The normalized spacial score (nSPS) is 13.5. The van der Waals surface area contributed by atoms with Crippen molar-refractivity contribution >= 4 is 0 Å². The molecule has 0 aliphatic rings. The molecule has 1 atom stereocenters. The summed E-state index contributed by atoms with van der Waals surface area (Å²) >= 11 is 0. The van der Waals surface area contributed by atoms with Crippen molar-refractivity contribution in [3.05, 3.63) is 23.0 Å². The van der Waals surface area contributed by atoms with Gasteiger partial charge in [-0.2, -0.15) is 0 Å². The average Bonchev–Trinajstić information content (AvgIpc) is 2.27. The Balaban J connectivity index is 2.81. The molecule has 18 heavy (non-hydrogen) atoms. The molecule has 0 radical (unpaired) electrons. The Labute approximate surface area is 110 Å². The SMILES string of the molecule is COc1c(C)cnc(CCC(O)C(C)(C)C)c1C. The fraction of sp³-hybridized carbons (Fsp3) is 0.667. The van der Waals surface area contributed by atoms with E-state index in [4.69, 9.17) is 4.74 Å². The molecule has 0 fully saturated rings. The summed E-state index contributed by atoms with van der Waals surface area (Å²) in [5.74, 6) is 0.908. The Hall–Kier alpha value is -1.09. The van der Waals surface area contributed by atoms with E-state index in [1.54, 1.807) is 7.11 Å². The quantitative estimate of drug-likeness (QED) is 0.894. The summed E-state index contributed by atoms with van der Waals surface area (Å²) in [6.45, 7) is 10.2. The molecule has 0 amide bonds. The van der Waals surface area contributed by atoms with E-state index in [2.05, 4.69) is 4.98 Å². The number of rotatable bonds is 4. The van der Waals surface area contributed by atoms with Crippen LogP contribution in [0.3, 0.4) is 0 Å². The molecule has 0 saturated heterocycles. The van der Waals surface area contributed by atoms with Gasteiger partial charge in [0.15, 0.2) is 0 Å². The monoisotopic (exact) mass is 251 g/mol. The number of ether oxygens (including phenoxy) is 1. The largest absolute Gasteiger partial charge is 0.496 e. The maximum atomic E-state index is 10.1. The molecule has 1 aromatic rings. The standard InChI is InChI=1S/C15H25NO2/c1-10-9-16-12(11(2)14(10)18-6)7-8-13(17)15(3,4)5/h9,13,17H,7-8H2,1-6H3. The maximum absolute atomic E-state index is 10.1. The Bertz CT molecular complexity index is 408. The van der Waals surface area contributed by atoms with Gasteiger partial charge < -0.3 is 9.84 Å². The van der Waals surface area contributed by atoms with Crippen LogP contribution in [0.4, 0.5) is 0 Å². The number of methoxy groups -OCH3 is 1. The molecular formula is C15H25NO2. The van der Waals surface area contributed by atoms with Gasteiger partial charge in [-0.15, -0.1) is 0 Å². The molecule has 102 valence electrons. The van der Waals surface area contributed by atoms with E-state index < -0.39 is 0 Å². The maximum Gasteiger partial charge on any atom is 0.128 e. The first-order valence-corrected chi connectivity index (χ1v) is 6.44. The van der Waals surface area contributed by atoms with Crippen molar-refractivity contribution in [1.29, 1.82) is 0 Å². The third kappa shape index (κ3) is 3.45. The number of aromatic nitrogens is 1. The predicted octanol–water partition coefficient (Wildman–Crippen LogP) is 3.05. The lowest BCUT2D eigenvalue weighted by Crippen LogP contribution is -2.26. The molecular weight excluding hydrogens is 226 g/mol. The number of pyridine rings is 1. The van der Waals surface area contributed by atoms with Gasteiger partial charge in [-0.25, -0.2) is 0 Å². The minimum absolute atomic E-state index is 0.0807. The number of aliphatic hydroxyl groups is 1. The highest BCUT2D eigenvalue weighted by atomic mass is 16.5. The van der Waals surface area contributed by atoms with Crippen LogP contribution in [-0.4, -0.2) is 23.3 Å². The summed E-state index contributed by atoms with van der Waals surface area (Å²) in [5.41, 5.74) is 3.07. The zero-order valence-corrected chi connectivity index (χ0v) is 12.4. The second kappa shape index (κ2) is 5.70. The van der Waals surface area contributed by atoms with Crippen molar-refractivity contribution in [2.45, 2.75) is 53.6 Å². The molecule has 0 saturated carbocycles. The van der Waals surface area contributed by atoms with Gasteiger partial charge in [0.05, 0.1) is 13.2 Å². The van der Waals surface area contributed by atoms with E-state index in [0.29, 0.717) is 0 Å². The second-order valence-electron chi connectivity index (χ2n) is 5.97. The fourth-order valence-corrected chi connectivity index (χ4v) is 2.03. The summed E-state index contributed by atoms with van der Waals surface area (Å²) in [4.78, 5) is 4.45. The number of hydrogen-bond acceptors (Lipinski definition) is 3. The van der Waals surface area contributed by atoms with Crippen LogP contribution in [0.2, 0.25) is 0 Å². The van der Waals surface area contributed by atoms with Crippen molar-refractivity contribution in [2.75, 3.05) is 7.11 Å². The Morgan fingerprint density at radius 1 is 1.33 bits per heavy atom. The molecule has 0 bridgehead atoms. The van der Waals surface area contributed by atoms with Crippen LogP contribution in [0.1, 0.15) is 44.0 Å². The Kier molecular flexibility index (Phi) is 4.74. The van der Waals surface area contributed by atoms with Gasteiger partial charge in [0, 0.05) is 23.0 Å². The zero-order valence-electron chi connectivity index (χ0n) is 12.4. The summed E-state index contributed by atoms with van der Waals surface area (Å²) in [6, 6.07) is 0. The van der Waals surface area contributed by atoms with Crippen LogP contribution in [0.15, 0.2) is 6.20 Å². The van der Waals surface area contributed by atoms with Crippen molar-refractivity contribution in [1.82, 2.24) is 4.98 Å². The summed E-state index contributed by atoms with van der Waals surface area (Å²) < 4.78 is 5.39. The van der Waals surface area contributed by atoms with E-state index >= 15 is 0 Å². The fourth-order valence-electron chi connectivity index (χ4n) is 2.03. The van der Waals surface area contributed by atoms with E-state index in [1.165, 1.54) is 0 Å². The van der Waals surface area contributed by atoms with E-state index in [-0.39, 0.29) is 11.5 Å². The summed E-state index contributed by atoms with van der Waals surface area (Å²) in [5, 5.41) is 10.1. The van der Waals surface area contributed by atoms with E-state index in [9.17, 15) is 5.11 Å². The van der Waals surface area contributed by atoms with Crippen molar-refractivity contribution in [2.24, 2.45) is 5.41 Å². The second-order valence-corrected chi connectivity index (χ2v) is 5.97. The average molecular weight is 251 g/mol. The van der Waals surface area contributed by atoms with Crippen molar-refractivity contribution < 1.29 is 9.84 Å². The molecule has 1 aromatic heterocycles. The van der Waals surface area contributed by atoms with Gasteiger partial charge in [0.1, 0.15) is 5.75 Å². The van der Waals surface area contributed by atoms with E-state index in [1.807, 2.05) is 40.8 Å². The summed E-state index contributed by atoms with van der Waals surface area (Å²) in [7, 11) is 1.68. The molecule has 0 spiro atoms. The number of hydrogen-bond donors (Lipinski definition) is 1. The predicted molar refractivity (Wildman–Crippen MR) is 74.0 cm³/mol. The molecule has 1 heterocycles. The molecule has 3 nitrogen and oxygen atoms in total. The van der Waals surface area contributed by atoms with Crippen LogP contribution < -0.4 is 4.74 Å². The van der Waals surface area contributed by atoms with Crippen LogP contribution >= 0.6 is 0 Å². The highest BCUT2D eigenvalue weighted by molar-refractivity contribution is 5.41. The lowest BCUT2D eigenvalue weighted by atomic mass is 9.86. The lowest BCUT2D eigenvalue weighted by Gasteiger charge is -2.26. The van der Waals surface area contributed by atoms with Crippen LogP contribution in [-0.2, 0) is 6.42 Å². The van der Waals surface area contributed by atoms with Crippen LogP contribution in [0.25, 0.3) is 0 Å². The van der Waals surface area contributed by atoms with Gasteiger partial charge >= 0.3 is 0 Å². The number of aliphatic hydroxyl groups excluding tert-OH is 1. The van der Waals surface area contributed by atoms with E-state index in [0.717, 1.165) is 35.4 Å². The number of aryl methyl sites for hydroxylation is 2. The third-order valence-electron chi connectivity index (χ3n) is 3.40. The zero-order chi connectivity index (χ0) is 13.9. The number of nitrogens with zero attached hydrogens (tertiary/aromatic N) is 1. The Morgan fingerprint density at radius 2 is 1.94 bits per heavy atom. The van der Waals surface area contributed by atoms with Crippen molar-refractivity contribution in [3.63, 3.8) is 0 Å². The first kappa shape index (κ1) is 15.0. The molecule has 1 rings (SSSR count). The summed E-state index contributed by atoms with van der Waals surface area (Å²) in [6.07, 6.45) is 3.03. The van der Waals surface area contributed by atoms with Gasteiger partial charge in [-0.05, 0) is 32.1 Å². The minimum atomic E-state index is -0.314. The molecule has 0 aromatic carbocycles. The molecule has 1 unspecified atom stereocenters. The third-order valence-corrected chi connectivity index (χ3v) is 3.40. The lowest BCUT2D eigenvalue weighted by molar-refractivity contribution is 0.0557. The first-order chi connectivity index (χ1) is 8.27. The van der Waals surface area contributed by atoms with Gasteiger partial charge in [-0.3, -0.25) is 4.98 Å². The Morgan fingerprint density at radius 3 is 2.44 bits per heavy atom. The molecule has 0 aliphatic heterocycles. The van der Waals surface area contributed by atoms with Gasteiger partial charge in [0.2, 0.25) is 0 Å².